The Kier molecular flexibility index (Phi) is 6.00. The highest BCUT2D eigenvalue weighted by Crippen LogP contribution is 2.39. The van der Waals surface area contributed by atoms with E-state index in [0.717, 1.165) is 33.4 Å². The van der Waals surface area contributed by atoms with Crippen LogP contribution in [0, 0.1) is 0 Å². The first kappa shape index (κ1) is 18.5. The van der Waals surface area contributed by atoms with Gasteiger partial charge in [-0.25, -0.2) is 0 Å². The summed E-state index contributed by atoms with van der Waals surface area (Å²) < 4.78 is 13.4. The van der Waals surface area contributed by atoms with Crippen molar-refractivity contribution in [1.82, 2.24) is 9.78 Å². The SMILES string of the molecule is COCCNc1c(OC)cc(Cn2ncc3c2C=CCC=C3)c(Br)c1N. The van der Waals surface area contributed by atoms with Crippen LogP contribution in [0.25, 0.3) is 12.2 Å². The van der Waals surface area contributed by atoms with Crippen LogP contribution in [0.2, 0.25) is 0 Å². The number of aromatic nitrogens is 2. The van der Waals surface area contributed by atoms with Crippen LogP contribution < -0.4 is 15.8 Å². The maximum absolute atomic E-state index is 6.35. The van der Waals surface area contributed by atoms with Crippen LogP contribution in [0.15, 0.2) is 28.9 Å². The summed E-state index contributed by atoms with van der Waals surface area (Å²) in [5.74, 6) is 0.700. The highest BCUT2D eigenvalue weighted by molar-refractivity contribution is 9.10. The van der Waals surface area contributed by atoms with Crippen LogP contribution in [0.3, 0.4) is 0 Å². The van der Waals surface area contributed by atoms with Crippen molar-refractivity contribution in [3.8, 4) is 5.75 Å². The largest absolute Gasteiger partial charge is 0.494 e. The predicted molar refractivity (Wildman–Crippen MR) is 109 cm³/mol. The molecule has 0 aliphatic heterocycles. The Labute approximate surface area is 161 Å². The maximum Gasteiger partial charge on any atom is 0.144 e. The summed E-state index contributed by atoms with van der Waals surface area (Å²) in [6.07, 6.45) is 11.3. The molecule has 7 heteroatoms. The first-order valence-corrected chi connectivity index (χ1v) is 9.21. The van der Waals surface area contributed by atoms with E-state index in [1.54, 1.807) is 14.2 Å². The number of allylic oxidation sites excluding steroid dienone is 2. The molecule has 3 rings (SSSR count). The van der Waals surface area contributed by atoms with E-state index in [-0.39, 0.29) is 0 Å². The molecule has 2 aromatic rings. The van der Waals surface area contributed by atoms with Gasteiger partial charge in [-0.2, -0.15) is 5.10 Å². The summed E-state index contributed by atoms with van der Waals surface area (Å²) >= 11 is 3.64. The Balaban J connectivity index is 1.93. The molecule has 6 nitrogen and oxygen atoms in total. The van der Waals surface area contributed by atoms with Gasteiger partial charge in [-0.05, 0) is 40.1 Å². The zero-order chi connectivity index (χ0) is 18.5. The quantitative estimate of drug-likeness (QED) is 0.528. The molecule has 0 unspecified atom stereocenters. The van der Waals surface area contributed by atoms with Crippen LogP contribution >= 0.6 is 15.9 Å². The molecule has 0 atom stereocenters. The summed E-state index contributed by atoms with van der Waals surface area (Å²) in [5.41, 5.74) is 10.9. The van der Waals surface area contributed by atoms with Crippen LogP contribution in [0.1, 0.15) is 23.2 Å². The Bertz CT molecular complexity index is 843. The molecule has 26 heavy (non-hydrogen) atoms. The number of fused-ring (bicyclic) bond motifs is 1. The first-order chi connectivity index (χ1) is 12.7. The lowest BCUT2D eigenvalue weighted by atomic mass is 10.1. The fourth-order valence-electron chi connectivity index (χ4n) is 2.91. The molecule has 1 aromatic heterocycles. The van der Waals surface area contributed by atoms with Gasteiger partial charge in [-0.3, -0.25) is 4.68 Å². The van der Waals surface area contributed by atoms with E-state index in [1.807, 2.05) is 16.9 Å². The summed E-state index contributed by atoms with van der Waals surface area (Å²) in [7, 11) is 3.30. The molecule has 1 heterocycles. The monoisotopic (exact) mass is 418 g/mol. The van der Waals surface area contributed by atoms with Gasteiger partial charge in [-0.15, -0.1) is 0 Å². The number of methoxy groups -OCH3 is 2. The molecule has 0 amide bonds. The molecule has 1 aliphatic rings. The van der Waals surface area contributed by atoms with Gasteiger partial charge in [0.1, 0.15) is 11.4 Å². The van der Waals surface area contributed by atoms with E-state index < -0.39 is 0 Å². The van der Waals surface area contributed by atoms with Crippen molar-refractivity contribution in [2.24, 2.45) is 0 Å². The van der Waals surface area contributed by atoms with Crippen LogP contribution in [-0.2, 0) is 11.3 Å². The molecular weight excluding hydrogens is 396 g/mol. The van der Waals surface area contributed by atoms with Gasteiger partial charge in [0.25, 0.3) is 0 Å². The number of rotatable bonds is 7. The Morgan fingerprint density at radius 3 is 2.88 bits per heavy atom. The van der Waals surface area contributed by atoms with Gasteiger partial charge in [0, 0.05) is 23.7 Å². The lowest BCUT2D eigenvalue weighted by Crippen LogP contribution is -2.12. The molecule has 0 bridgehead atoms. The fourth-order valence-corrected chi connectivity index (χ4v) is 3.34. The van der Waals surface area contributed by atoms with Gasteiger partial charge >= 0.3 is 0 Å². The summed E-state index contributed by atoms with van der Waals surface area (Å²) in [6, 6.07) is 1.99. The highest BCUT2D eigenvalue weighted by Gasteiger charge is 2.17. The Morgan fingerprint density at radius 1 is 1.31 bits per heavy atom. The third-order valence-electron chi connectivity index (χ3n) is 4.24. The number of hydrogen-bond acceptors (Lipinski definition) is 5. The molecule has 3 N–H and O–H groups in total. The number of halogens is 1. The lowest BCUT2D eigenvalue weighted by Gasteiger charge is -2.18. The zero-order valence-electron chi connectivity index (χ0n) is 15.0. The third-order valence-corrected chi connectivity index (χ3v) is 5.18. The molecular formula is C19H23BrN4O2. The minimum absolute atomic E-state index is 0.585. The summed E-state index contributed by atoms with van der Waals surface area (Å²) in [4.78, 5) is 0. The normalized spacial score (nSPS) is 12.7. The third kappa shape index (κ3) is 3.78. The van der Waals surface area contributed by atoms with Gasteiger partial charge in [-0.1, -0.05) is 18.2 Å². The number of anilines is 2. The van der Waals surface area contributed by atoms with E-state index in [0.29, 0.717) is 31.1 Å². The topological polar surface area (TPSA) is 74.3 Å². The Morgan fingerprint density at radius 2 is 2.12 bits per heavy atom. The van der Waals surface area contributed by atoms with Gasteiger partial charge in [0.05, 0.1) is 37.8 Å². The lowest BCUT2D eigenvalue weighted by molar-refractivity contribution is 0.210. The number of nitrogen functional groups attached to an aromatic ring is 1. The number of benzene rings is 1. The van der Waals surface area contributed by atoms with Crippen LogP contribution in [-0.4, -0.2) is 37.2 Å². The highest BCUT2D eigenvalue weighted by atomic mass is 79.9. The van der Waals surface area contributed by atoms with Gasteiger partial charge in [0.15, 0.2) is 0 Å². The summed E-state index contributed by atoms with van der Waals surface area (Å²) in [6.45, 7) is 1.82. The van der Waals surface area contributed by atoms with Crippen molar-refractivity contribution < 1.29 is 9.47 Å². The Hall–Kier alpha value is -2.25. The second kappa shape index (κ2) is 8.42. The van der Waals surface area contributed by atoms with E-state index in [9.17, 15) is 0 Å². The molecule has 1 aromatic carbocycles. The number of hydrogen-bond donors (Lipinski definition) is 2. The number of nitrogens with two attached hydrogens (primary N) is 1. The maximum atomic E-state index is 6.35. The zero-order valence-corrected chi connectivity index (χ0v) is 16.5. The molecule has 138 valence electrons. The van der Waals surface area contributed by atoms with Crippen LogP contribution in [0.5, 0.6) is 5.75 Å². The second-order valence-corrected chi connectivity index (χ2v) is 6.74. The molecule has 0 fully saturated rings. The molecule has 1 aliphatic carbocycles. The molecule has 0 saturated carbocycles. The predicted octanol–water partition coefficient (Wildman–Crippen LogP) is 3.77. The van der Waals surface area contributed by atoms with Crippen molar-refractivity contribution in [1.29, 1.82) is 0 Å². The van der Waals surface area contributed by atoms with E-state index in [4.69, 9.17) is 15.2 Å². The smallest absolute Gasteiger partial charge is 0.144 e. The fraction of sp³-hybridized carbons (Fsp3) is 0.316. The second-order valence-electron chi connectivity index (χ2n) is 5.94. The number of ether oxygens (including phenoxy) is 2. The van der Waals surface area contributed by atoms with Gasteiger partial charge < -0.3 is 20.5 Å². The van der Waals surface area contributed by atoms with Crippen LogP contribution in [0.4, 0.5) is 11.4 Å². The van der Waals surface area contributed by atoms with Crippen molar-refractivity contribution in [2.45, 2.75) is 13.0 Å². The van der Waals surface area contributed by atoms with E-state index in [2.05, 4.69) is 50.6 Å². The average Bonchev–Trinajstić information content (AvgIpc) is 2.87. The van der Waals surface area contributed by atoms with E-state index in [1.165, 1.54) is 0 Å². The minimum atomic E-state index is 0.585. The molecule has 0 spiro atoms. The minimum Gasteiger partial charge on any atom is -0.494 e. The van der Waals surface area contributed by atoms with Gasteiger partial charge in [0.2, 0.25) is 0 Å². The number of nitrogens with one attached hydrogen (secondary N) is 1. The standard InChI is InChI=1S/C19H23BrN4O2/c1-25-9-8-22-19-16(26-2)10-14(17(20)18(19)21)12-24-15-7-5-3-4-6-13(15)11-23-24/h4-7,10-11,22H,3,8-9,12,21H2,1-2H3. The van der Waals surface area contributed by atoms with Crippen molar-refractivity contribution in [3.63, 3.8) is 0 Å². The number of nitrogens with zero attached hydrogens (tertiary/aromatic N) is 2. The van der Waals surface area contributed by atoms with E-state index >= 15 is 0 Å². The average molecular weight is 419 g/mol. The molecule has 0 saturated heterocycles. The first-order valence-electron chi connectivity index (χ1n) is 8.42. The summed E-state index contributed by atoms with van der Waals surface area (Å²) in [5, 5.41) is 7.79. The van der Waals surface area contributed by atoms with Crippen molar-refractivity contribution >= 4 is 39.5 Å². The van der Waals surface area contributed by atoms with Crippen molar-refractivity contribution in [3.05, 3.63) is 45.7 Å². The molecule has 0 radical (unpaired) electrons. The van der Waals surface area contributed by atoms with Crippen molar-refractivity contribution in [2.75, 3.05) is 38.4 Å².